The molecule has 1 heterocycles. The molecule has 0 radical (unpaired) electrons. The van der Waals surface area contributed by atoms with Gasteiger partial charge in [0.2, 0.25) is 5.91 Å². The summed E-state index contributed by atoms with van der Waals surface area (Å²) in [5.41, 5.74) is 5.30. The number of carbonyl (C=O) groups is 1. The number of nitrogens with one attached hydrogen (secondary N) is 2. The van der Waals surface area contributed by atoms with Crippen molar-refractivity contribution in [2.75, 3.05) is 48.4 Å². The molecular weight excluding hydrogens is 314 g/mol. The third-order valence-electron chi connectivity index (χ3n) is 4.49. The highest BCUT2D eigenvalue weighted by molar-refractivity contribution is 5.96. The predicted octanol–water partition coefficient (Wildman–Crippen LogP) is 3.19. The second-order valence-electron chi connectivity index (χ2n) is 6.32. The van der Waals surface area contributed by atoms with Crippen LogP contribution >= 0.6 is 0 Å². The van der Waals surface area contributed by atoms with E-state index in [0.717, 1.165) is 43.4 Å². The van der Waals surface area contributed by atoms with E-state index in [2.05, 4.69) is 41.5 Å². The van der Waals surface area contributed by atoms with Crippen molar-refractivity contribution in [1.82, 2.24) is 0 Å². The number of aryl methyl sites for hydroxylation is 2. The number of hydrogen-bond acceptors (Lipinski definition) is 4. The standard InChI is InChI=1S/C20H25N3O2/c1-15-7-8-17(13-16(15)2)21-14-20(24)22-18-5-3-4-6-19(18)23-9-11-25-12-10-23/h3-8,13,21H,9-12,14H2,1-2H3,(H,22,24). The monoisotopic (exact) mass is 339 g/mol. The third kappa shape index (κ3) is 4.51. The van der Waals surface area contributed by atoms with Gasteiger partial charge in [0.05, 0.1) is 31.1 Å². The molecule has 5 heteroatoms. The molecule has 0 spiro atoms. The van der Waals surface area contributed by atoms with Gasteiger partial charge in [-0.2, -0.15) is 0 Å². The molecule has 1 saturated heterocycles. The molecular formula is C20H25N3O2. The average Bonchev–Trinajstić information content (AvgIpc) is 2.64. The van der Waals surface area contributed by atoms with Crippen LogP contribution in [0.1, 0.15) is 11.1 Å². The van der Waals surface area contributed by atoms with Crippen molar-refractivity contribution in [3.8, 4) is 0 Å². The Morgan fingerprint density at radius 1 is 1.08 bits per heavy atom. The fraction of sp³-hybridized carbons (Fsp3) is 0.350. The summed E-state index contributed by atoms with van der Waals surface area (Å²) in [5, 5.41) is 6.21. The number of benzene rings is 2. The molecule has 0 saturated carbocycles. The van der Waals surface area contributed by atoms with Crippen molar-refractivity contribution in [1.29, 1.82) is 0 Å². The van der Waals surface area contributed by atoms with Crippen LogP contribution in [0.25, 0.3) is 0 Å². The van der Waals surface area contributed by atoms with E-state index in [9.17, 15) is 4.79 Å². The van der Waals surface area contributed by atoms with Crippen molar-refractivity contribution >= 4 is 23.0 Å². The fourth-order valence-electron chi connectivity index (χ4n) is 2.89. The van der Waals surface area contributed by atoms with Crippen LogP contribution < -0.4 is 15.5 Å². The highest BCUT2D eigenvalue weighted by Crippen LogP contribution is 2.26. The normalized spacial score (nSPS) is 14.2. The molecule has 0 aromatic heterocycles. The predicted molar refractivity (Wildman–Crippen MR) is 103 cm³/mol. The van der Waals surface area contributed by atoms with E-state index < -0.39 is 0 Å². The summed E-state index contributed by atoms with van der Waals surface area (Å²) in [6, 6.07) is 14.0. The van der Waals surface area contributed by atoms with Gasteiger partial charge < -0.3 is 20.3 Å². The summed E-state index contributed by atoms with van der Waals surface area (Å²) in [7, 11) is 0. The Morgan fingerprint density at radius 3 is 2.60 bits per heavy atom. The molecule has 132 valence electrons. The van der Waals surface area contributed by atoms with Gasteiger partial charge in [0, 0.05) is 18.8 Å². The van der Waals surface area contributed by atoms with Crippen molar-refractivity contribution < 1.29 is 9.53 Å². The van der Waals surface area contributed by atoms with Crippen LogP contribution in [0.5, 0.6) is 0 Å². The van der Waals surface area contributed by atoms with Crippen LogP contribution in [0, 0.1) is 13.8 Å². The lowest BCUT2D eigenvalue weighted by molar-refractivity contribution is -0.114. The molecule has 25 heavy (non-hydrogen) atoms. The molecule has 2 aromatic carbocycles. The molecule has 1 fully saturated rings. The molecule has 2 aromatic rings. The van der Waals surface area contributed by atoms with Crippen molar-refractivity contribution in [2.45, 2.75) is 13.8 Å². The highest BCUT2D eigenvalue weighted by atomic mass is 16.5. The first-order valence-electron chi connectivity index (χ1n) is 8.66. The summed E-state index contributed by atoms with van der Waals surface area (Å²) >= 11 is 0. The van der Waals surface area contributed by atoms with E-state index >= 15 is 0 Å². The minimum absolute atomic E-state index is 0.0565. The summed E-state index contributed by atoms with van der Waals surface area (Å²) < 4.78 is 5.41. The molecule has 3 rings (SSSR count). The zero-order chi connectivity index (χ0) is 17.6. The third-order valence-corrected chi connectivity index (χ3v) is 4.49. The molecule has 0 atom stereocenters. The lowest BCUT2D eigenvalue weighted by atomic mass is 10.1. The molecule has 1 aliphatic heterocycles. The lowest BCUT2D eigenvalue weighted by Crippen LogP contribution is -2.37. The van der Waals surface area contributed by atoms with Crippen molar-refractivity contribution in [3.63, 3.8) is 0 Å². The first-order valence-corrected chi connectivity index (χ1v) is 8.66. The second kappa shape index (κ2) is 8.03. The Labute approximate surface area is 149 Å². The summed E-state index contributed by atoms with van der Waals surface area (Å²) in [6.45, 7) is 7.50. The largest absolute Gasteiger partial charge is 0.378 e. The van der Waals surface area contributed by atoms with Crippen LogP contribution in [0.4, 0.5) is 17.1 Å². The quantitative estimate of drug-likeness (QED) is 0.878. The Hall–Kier alpha value is -2.53. The first-order chi connectivity index (χ1) is 12.1. The Morgan fingerprint density at radius 2 is 1.84 bits per heavy atom. The van der Waals surface area contributed by atoms with Gasteiger partial charge in [0.25, 0.3) is 0 Å². The molecule has 0 aliphatic carbocycles. The maximum Gasteiger partial charge on any atom is 0.243 e. The number of anilines is 3. The van der Waals surface area contributed by atoms with E-state index in [-0.39, 0.29) is 12.5 Å². The van der Waals surface area contributed by atoms with Gasteiger partial charge in [-0.05, 0) is 49.2 Å². The minimum atomic E-state index is -0.0565. The Kier molecular flexibility index (Phi) is 5.56. The van der Waals surface area contributed by atoms with E-state index in [1.54, 1.807) is 0 Å². The topological polar surface area (TPSA) is 53.6 Å². The lowest BCUT2D eigenvalue weighted by Gasteiger charge is -2.30. The van der Waals surface area contributed by atoms with Crippen LogP contribution in [0.3, 0.4) is 0 Å². The second-order valence-corrected chi connectivity index (χ2v) is 6.32. The SMILES string of the molecule is Cc1ccc(NCC(=O)Nc2ccccc2N2CCOCC2)cc1C. The molecule has 1 aliphatic rings. The number of hydrogen-bond donors (Lipinski definition) is 2. The molecule has 5 nitrogen and oxygen atoms in total. The number of amides is 1. The number of para-hydroxylation sites is 2. The zero-order valence-electron chi connectivity index (χ0n) is 14.8. The maximum atomic E-state index is 12.4. The van der Waals surface area contributed by atoms with Gasteiger partial charge in [-0.25, -0.2) is 0 Å². The summed E-state index contributed by atoms with van der Waals surface area (Å²) in [4.78, 5) is 14.6. The number of carbonyl (C=O) groups excluding carboxylic acids is 1. The minimum Gasteiger partial charge on any atom is -0.378 e. The van der Waals surface area contributed by atoms with Crippen LogP contribution in [-0.4, -0.2) is 38.8 Å². The van der Waals surface area contributed by atoms with Crippen molar-refractivity contribution in [2.24, 2.45) is 0 Å². The van der Waals surface area contributed by atoms with Crippen LogP contribution in [-0.2, 0) is 9.53 Å². The Balaban J connectivity index is 1.61. The van der Waals surface area contributed by atoms with Crippen LogP contribution in [0.2, 0.25) is 0 Å². The smallest absolute Gasteiger partial charge is 0.243 e. The highest BCUT2D eigenvalue weighted by Gasteiger charge is 2.15. The van der Waals surface area contributed by atoms with E-state index in [0.29, 0.717) is 0 Å². The summed E-state index contributed by atoms with van der Waals surface area (Å²) in [6.07, 6.45) is 0. The first kappa shape index (κ1) is 17.3. The zero-order valence-corrected chi connectivity index (χ0v) is 14.8. The molecule has 1 amide bonds. The van der Waals surface area contributed by atoms with E-state index in [1.807, 2.05) is 30.3 Å². The number of ether oxygens (including phenoxy) is 1. The molecule has 0 bridgehead atoms. The van der Waals surface area contributed by atoms with Gasteiger partial charge in [0.15, 0.2) is 0 Å². The Bertz CT molecular complexity index is 739. The number of nitrogens with zero attached hydrogens (tertiary/aromatic N) is 1. The molecule has 0 unspecified atom stereocenters. The molecule has 2 N–H and O–H groups in total. The van der Waals surface area contributed by atoms with Crippen molar-refractivity contribution in [3.05, 3.63) is 53.6 Å². The summed E-state index contributed by atoms with van der Waals surface area (Å²) in [5.74, 6) is -0.0565. The maximum absolute atomic E-state index is 12.4. The van der Waals surface area contributed by atoms with Gasteiger partial charge in [-0.15, -0.1) is 0 Å². The van der Waals surface area contributed by atoms with E-state index in [1.165, 1.54) is 11.1 Å². The number of rotatable bonds is 5. The van der Waals surface area contributed by atoms with E-state index in [4.69, 9.17) is 4.74 Å². The van der Waals surface area contributed by atoms with Gasteiger partial charge in [-0.3, -0.25) is 4.79 Å². The fourth-order valence-corrected chi connectivity index (χ4v) is 2.89. The van der Waals surface area contributed by atoms with Gasteiger partial charge >= 0.3 is 0 Å². The average molecular weight is 339 g/mol. The van der Waals surface area contributed by atoms with Gasteiger partial charge in [0.1, 0.15) is 0 Å². The number of morpholine rings is 1. The van der Waals surface area contributed by atoms with Gasteiger partial charge in [-0.1, -0.05) is 18.2 Å². The van der Waals surface area contributed by atoms with Crippen LogP contribution in [0.15, 0.2) is 42.5 Å².